The molecule has 2 fully saturated rings. The number of fused-ring (bicyclic) bond motifs is 2. The predicted molar refractivity (Wildman–Crippen MR) is 90.0 cm³/mol. The summed E-state index contributed by atoms with van der Waals surface area (Å²) in [5.74, 6) is 0.332. The molecule has 1 aromatic carbocycles. The predicted octanol–water partition coefficient (Wildman–Crippen LogP) is 2.97. The molecule has 128 valence electrons. The van der Waals surface area contributed by atoms with E-state index in [9.17, 15) is 9.90 Å². The van der Waals surface area contributed by atoms with Crippen LogP contribution in [0.1, 0.15) is 23.3 Å². The van der Waals surface area contributed by atoms with Gasteiger partial charge >= 0.3 is 5.97 Å². The number of likely N-dealkylation sites (tertiary alicyclic amines) is 1. The zero-order chi connectivity index (χ0) is 16.9. The Balaban J connectivity index is 1.57. The number of hydrogen-bond donors (Lipinski definition) is 1. The van der Waals surface area contributed by atoms with Crippen molar-refractivity contribution >= 4 is 16.9 Å². The van der Waals surface area contributed by atoms with Gasteiger partial charge in [-0.15, -0.1) is 0 Å². The van der Waals surface area contributed by atoms with Gasteiger partial charge in [0.25, 0.3) is 0 Å². The molecule has 2 aliphatic rings. The zero-order valence-corrected chi connectivity index (χ0v) is 14.2. The number of carbonyl (C=O) groups is 1. The van der Waals surface area contributed by atoms with Gasteiger partial charge in [0.15, 0.2) is 0 Å². The summed E-state index contributed by atoms with van der Waals surface area (Å²) in [7, 11) is 0. The van der Waals surface area contributed by atoms with Crippen molar-refractivity contribution in [2.45, 2.75) is 26.8 Å². The summed E-state index contributed by atoms with van der Waals surface area (Å²) < 4.78 is 11.5. The van der Waals surface area contributed by atoms with Crippen LogP contribution in [0.2, 0.25) is 0 Å². The molecule has 0 aliphatic carbocycles. The molecule has 2 saturated heterocycles. The van der Waals surface area contributed by atoms with E-state index in [-0.39, 0.29) is 5.92 Å². The van der Waals surface area contributed by atoms with Crippen LogP contribution in [0.25, 0.3) is 11.0 Å². The van der Waals surface area contributed by atoms with E-state index in [0.717, 1.165) is 29.7 Å². The third-order valence-electron chi connectivity index (χ3n) is 5.73. The van der Waals surface area contributed by atoms with Crippen molar-refractivity contribution < 1.29 is 19.1 Å². The van der Waals surface area contributed by atoms with E-state index in [4.69, 9.17) is 9.15 Å². The summed E-state index contributed by atoms with van der Waals surface area (Å²) in [5, 5.41) is 10.8. The first kappa shape index (κ1) is 15.7. The third-order valence-corrected chi connectivity index (χ3v) is 5.73. The molecule has 24 heavy (non-hydrogen) atoms. The Morgan fingerprint density at radius 1 is 1.33 bits per heavy atom. The topological polar surface area (TPSA) is 62.9 Å². The molecule has 0 bridgehead atoms. The minimum atomic E-state index is -0.753. The summed E-state index contributed by atoms with van der Waals surface area (Å²) in [4.78, 5) is 14.0. The number of benzene rings is 1. The van der Waals surface area contributed by atoms with Gasteiger partial charge in [-0.1, -0.05) is 0 Å². The smallest absolute Gasteiger partial charge is 0.313 e. The molecule has 3 heterocycles. The fraction of sp³-hybridized carbons (Fsp3) is 0.526. The fourth-order valence-electron chi connectivity index (χ4n) is 4.17. The van der Waals surface area contributed by atoms with Crippen LogP contribution in [0.4, 0.5) is 0 Å². The van der Waals surface area contributed by atoms with Crippen molar-refractivity contribution in [1.29, 1.82) is 0 Å². The monoisotopic (exact) mass is 329 g/mol. The summed E-state index contributed by atoms with van der Waals surface area (Å²) in [6.45, 7) is 7.14. The van der Waals surface area contributed by atoms with Crippen LogP contribution in [-0.4, -0.2) is 42.3 Å². The van der Waals surface area contributed by atoms with Crippen LogP contribution < -0.4 is 0 Å². The van der Waals surface area contributed by atoms with Crippen LogP contribution in [0.3, 0.4) is 0 Å². The van der Waals surface area contributed by atoms with Crippen molar-refractivity contribution in [3.8, 4) is 0 Å². The maximum atomic E-state index is 11.8. The summed E-state index contributed by atoms with van der Waals surface area (Å²) in [6.07, 6.45) is 0.821. The van der Waals surface area contributed by atoms with Crippen LogP contribution >= 0.6 is 0 Å². The van der Waals surface area contributed by atoms with Gasteiger partial charge in [0.05, 0.1) is 13.2 Å². The molecule has 0 saturated carbocycles. The van der Waals surface area contributed by atoms with Crippen molar-refractivity contribution in [3.05, 3.63) is 35.1 Å². The van der Waals surface area contributed by atoms with Crippen molar-refractivity contribution in [2.24, 2.45) is 11.3 Å². The van der Waals surface area contributed by atoms with Gasteiger partial charge in [-0.05, 0) is 55.5 Å². The van der Waals surface area contributed by atoms with E-state index in [2.05, 4.69) is 36.9 Å². The molecule has 5 nitrogen and oxygen atoms in total. The normalized spacial score (nSPS) is 27.5. The molecule has 2 aliphatic heterocycles. The number of nitrogens with zero attached hydrogens (tertiary/aromatic N) is 1. The fourth-order valence-corrected chi connectivity index (χ4v) is 4.17. The molecular weight excluding hydrogens is 306 g/mol. The number of aliphatic carboxylic acids is 1. The van der Waals surface area contributed by atoms with E-state index >= 15 is 0 Å². The van der Waals surface area contributed by atoms with Crippen molar-refractivity contribution in [1.82, 2.24) is 4.90 Å². The Morgan fingerprint density at radius 3 is 2.88 bits per heavy atom. The minimum absolute atomic E-state index is 0.164. The highest BCUT2D eigenvalue weighted by atomic mass is 16.5. The molecule has 4 rings (SSSR count). The second-order valence-corrected chi connectivity index (χ2v) is 7.36. The van der Waals surface area contributed by atoms with Gasteiger partial charge in [-0.3, -0.25) is 9.69 Å². The molecule has 2 atom stereocenters. The number of carboxylic acids is 1. The second kappa shape index (κ2) is 5.60. The molecule has 0 amide bonds. The van der Waals surface area contributed by atoms with Gasteiger partial charge in [-0.2, -0.15) is 0 Å². The Morgan fingerprint density at radius 2 is 2.12 bits per heavy atom. The van der Waals surface area contributed by atoms with Gasteiger partial charge in [0, 0.05) is 25.1 Å². The highest BCUT2D eigenvalue weighted by molar-refractivity contribution is 5.80. The number of hydrogen-bond acceptors (Lipinski definition) is 4. The number of ether oxygens (including phenoxy) is 1. The number of furan rings is 1. The summed E-state index contributed by atoms with van der Waals surface area (Å²) in [5.41, 5.74) is 2.62. The first-order chi connectivity index (χ1) is 11.5. The highest BCUT2D eigenvalue weighted by Crippen LogP contribution is 2.42. The van der Waals surface area contributed by atoms with E-state index in [1.165, 1.54) is 11.1 Å². The lowest BCUT2D eigenvalue weighted by atomic mass is 9.76. The van der Waals surface area contributed by atoms with Gasteiger partial charge in [-0.25, -0.2) is 0 Å². The van der Waals surface area contributed by atoms with E-state index in [1.54, 1.807) is 0 Å². The average molecular weight is 329 g/mol. The Hall–Kier alpha value is -1.85. The lowest BCUT2D eigenvalue weighted by Crippen LogP contribution is -2.46. The van der Waals surface area contributed by atoms with Gasteiger partial charge in [0.2, 0.25) is 0 Å². The van der Waals surface area contributed by atoms with Crippen LogP contribution in [0, 0.1) is 25.2 Å². The van der Waals surface area contributed by atoms with E-state index < -0.39 is 11.4 Å². The Bertz CT molecular complexity index is 757. The van der Waals surface area contributed by atoms with Crippen LogP contribution in [0.5, 0.6) is 0 Å². The summed E-state index contributed by atoms with van der Waals surface area (Å²) >= 11 is 0. The number of carboxylic acid groups (broad SMARTS) is 1. The minimum Gasteiger partial charge on any atom is -0.481 e. The molecule has 5 heteroatoms. The zero-order valence-electron chi connectivity index (χ0n) is 14.2. The molecule has 1 aromatic heterocycles. The van der Waals surface area contributed by atoms with Crippen LogP contribution in [0.15, 0.2) is 22.6 Å². The maximum absolute atomic E-state index is 11.8. The van der Waals surface area contributed by atoms with Crippen LogP contribution in [-0.2, 0) is 16.1 Å². The first-order valence-corrected chi connectivity index (χ1v) is 8.51. The molecular formula is C19H23NO4. The maximum Gasteiger partial charge on any atom is 0.313 e. The number of rotatable bonds is 3. The Labute approximate surface area is 141 Å². The second-order valence-electron chi connectivity index (χ2n) is 7.36. The average Bonchev–Trinajstić information content (AvgIpc) is 3.08. The van der Waals surface area contributed by atoms with Gasteiger partial charge < -0.3 is 14.3 Å². The van der Waals surface area contributed by atoms with Crippen molar-refractivity contribution in [2.75, 3.05) is 26.3 Å². The van der Waals surface area contributed by atoms with Crippen molar-refractivity contribution in [3.63, 3.8) is 0 Å². The van der Waals surface area contributed by atoms with Gasteiger partial charge in [0.1, 0.15) is 16.8 Å². The molecule has 1 N–H and O–H groups in total. The molecule has 0 radical (unpaired) electrons. The first-order valence-electron chi connectivity index (χ1n) is 8.51. The van der Waals surface area contributed by atoms with E-state index in [0.29, 0.717) is 26.3 Å². The lowest BCUT2D eigenvalue weighted by Gasteiger charge is -2.34. The Kier molecular flexibility index (Phi) is 3.66. The largest absolute Gasteiger partial charge is 0.481 e. The quantitative estimate of drug-likeness (QED) is 0.938. The third kappa shape index (κ3) is 2.43. The standard InChI is InChI=1S/C19H23NO4/c1-12-5-14-7-16(24-17(14)6-13(12)2)9-20-8-15-3-4-23-11-19(15,10-20)18(21)22/h5-7,15H,3-4,8-11H2,1-2H3,(H,21,22)/t15-,19+/m0/s1. The summed E-state index contributed by atoms with van der Waals surface area (Å²) in [6, 6.07) is 6.30. The lowest BCUT2D eigenvalue weighted by molar-refractivity contribution is -0.159. The molecule has 0 spiro atoms. The van der Waals surface area contributed by atoms with E-state index in [1.807, 2.05) is 0 Å². The molecule has 0 unspecified atom stereocenters. The molecule has 2 aromatic rings. The highest BCUT2D eigenvalue weighted by Gasteiger charge is 2.54. The SMILES string of the molecule is Cc1cc2cc(CN3C[C@@H]4CCOC[C@]4(C(=O)O)C3)oc2cc1C. The number of aryl methyl sites for hydroxylation is 2.